The van der Waals surface area contributed by atoms with Crippen LogP contribution in [0.25, 0.3) is 0 Å². The predicted molar refractivity (Wildman–Crippen MR) is 140 cm³/mol. The molecule has 2 heterocycles. The summed E-state index contributed by atoms with van der Waals surface area (Å²) in [5, 5.41) is 0. The summed E-state index contributed by atoms with van der Waals surface area (Å²) < 4.78 is 0. The van der Waals surface area contributed by atoms with Gasteiger partial charge in [-0.25, -0.2) is 4.90 Å². The molecule has 0 bridgehead atoms. The molecule has 4 atom stereocenters. The van der Waals surface area contributed by atoms with Gasteiger partial charge >= 0.3 is 0 Å². The number of anilines is 2. The molecule has 3 aliphatic rings. The number of ketones is 1. The van der Waals surface area contributed by atoms with E-state index in [1.165, 1.54) is 4.90 Å². The predicted octanol–water partition coefficient (Wildman–Crippen LogP) is 4.62. The normalized spacial score (nSPS) is 28.3. The second kappa shape index (κ2) is 7.72. The van der Waals surface area contributed by atoms with E-state index in [0.29, 0.717) is 22.5 Å². The van der Waals surface area contributed by atoms with Crippen LogP contribution in [0.2, 0.25) is 0 Å². The first-order valence-corrected chi connectivity index (χ1v) is 12.6. The van der Waals surface area contributed by atoms with Crippen molar-refractivity contribution in [1.82, 2.24) is 0 Å². The van der Waals surface area contributed by atoms with Gasteiger partial charge in [-0.2, -0.15) is 0 Å². The Morgan fingerprint density at radius 2 is 1.46 bits per heavy atom. The molecular formula is C31H28N2O4. The maximum atomic E-state index is 14.6. The molecule has 1 spiro atoms. The fraction of sp³-hybridized carbons (Fsp3) is 0.290. The van der Waals surface area contributed by atoms with E-state index in [4.69, 9.17) is 0 Å². The van der Waals surface area contributed by atoms with Gasteiger partial charge in [0.1, 0.15) is 5.41 Å². The number of aryl methyl sites for hydroxylation is 2. The lowest BCUT2D eigenvalue weighted by atomic mass is 9.57. The van der Waals surface area contributed by atoms with Crippen LogP contribution in [0, 0.1) is 31.1 Å². The topological polar surface area (TPSA) is 74.8 Å². The Bertz CT molecular complexity index is 1490. The van der Waals surface area contributed by atoms with Crippen molar-refractivity contribution in [1.29, 1.82) is 0 Å². The summed E-state index contributed by atoms with van der Waals surface area (Å²) in [4.78, 5) is 60.0. The number of hydrogen-bond donors (Lipinski definition) is 0. The van der Waals surface area contributed by atoms with Gasteiger partial charge < -0.3 is 4.90 Å². The number of amides is 3. The number of benzene rings is 3. The van der Waals surface area contributed by atoms with Crippen molar-refractivity contribution in [2.24, 2.45) is 17.3 Å². The minimum atomic E-state index is -1.49. The Hall–Kier alpha value is -4.06. The Kier molecular flexibility index (Phi) is 4.87. The molecule has 1 aliphatic carbocycles. The molecule has 0 unspecified atom stereocenters. The van der Waals surface area contributed by atoms with E-state index in [-0.39, 0.29) is 24.0 Å². The first kappa shape index (κ1) is 23.3. The molecule has 6 nitrogen and oxygen atoms in total. The van der Waals surface area contributed by atoms with E-state index < -0.39 is 28.6 Å². The van der Waals surface area contributed by atoms with Crippen molar-refractivity contribution < 1.29 is 19.2 Å². The van der Waals surface area contributed by atoms with Crippen molar-refractivity contribution >= 4 is 34.9 Å². The van der Waals surface area contributed by atoms with Gasteiger partial charge in [0.05, 0.1) is 17.0 Å². The second-order valence-electron chi connectivity index (χ2n) is 10.7. The van der Waals surface area contributed by atoms with Crippen LogP contribution in [0.1, 0.15) is 40.4 Å². The molecule has 6 heteroatoms. The van der Waals surface area contributed by atoms with E-state index in [9.17, 15) is 19.2 Å². The molecule has 2 fully saturated rings. The number of imide groups is 1. The zero-order chi connectivity index (χ0) is 26.3. The summed E-state index contributed by atoms with van der Waals surface area (Å²) in [5.41, 5.74) is 1.07. The average molecular weight is 493 g/mol. The number of para-hydroxylation sites is 2. The smallest absolute Gasteiger partial charge is 0.241 e. The number of carbonyl (C=O) groups is 4. The van der Waals surface area contributed by atoms with Crippen LogP contribution in [0.4, 0.5) is 11.4 Å². The van der Waals surface area contributed by atoms with Gasteiger partial charge in [0.2, 0.25) is 17.7 Å². The van der Waals surface area contributed by atoms with Crippen LogP contribution >= 0.6 is 0 Å². The van der Waals surface area contributed by atoms with Crippen LogP contribution < -0.4 is 9.80 Å². The zero-order valence-corrected chi connectivity index (χ0v) is 21.3. The highest BCUT2D eigenvalue weighted by Crippen LogP contribution is 2.68. The lowest BCUT2D eigenvalue weighted by Gasteiger charge is -2.41. The molecule has 1 saturated carbocycles. The molecule has 3 amide bonds. The van der Waals surface area contributed by atoms with E-state index in [1.807, 2.05) is 62.4 Å². The zero-order valence-electron chi connectivity index (χ0n) is 21.3. The highest BCUT2D eigenvalue weighted by Gasteiger charge is 2.80. The van der Waals surface area contributed by atoms with Crippen molar-refractivity contribution in [3.8, 4) is 0 Å². The lowest BCUT2D eigenvalue weighted by Crippen LogP contribution is -2.57. The molecule has 0 radical (unpaired) electrons. The molecule has 1 saturated heterocycles. The first-order valence-electron chi connectivity index (χ1n) is 12.6. The Balaban J connectivity index is 1.62. The van der Waals surface area contributed by atoms with Crippen molar-refractivity contribution in [3.63, 3.8) is 0 Å². The highest BCUT2D eigenvalue weighted by atomic mass is 16.2. The number of nitrogens with zero attached hydrogens (tertiary/aromatic N) is 2. The SMILES string of the molecule is Cc1cccc(C)c1N1C(=O)[C@@H]2C[C@H](C(=O)c3ccccc3)[C@]3(C(=O)N(C)c4ccccc43)[C@]2(C)C1=O. The molecule has 3 aromatic rings. The number of carbonyl (C=O) groups excluding carboxylic acids is 4. The number of likely N-dealkylation sites (N-methyl/N-ethyl adjacent to an activating group) is 1. The van der Waals surface area contributed by atoms with Gasteiger partial charge in [0.15, 0.2) is 5.78 Å². The van der Waals surface area contributed by atoms with Gasteiger partial charge in [0.25, 0.3) is 0 Å². The maximum absolute atomic E-state index is 14.6. The van der Waals surface area contributed by atoms with E-state index >= 15 is 0 Å². The van der Waals surface area contributed by atoms with Crippen LogP contribution in [0.3, 0.4) is 0 Å². The number of Topliss-reactive ketones (excluding diaryl/α,β-unsaturated/α-hetero) is 1. The fourth-order valence-electron chi connectivity index (χ4n) is 7.34. The minimum absolute atomic E-state index is 0.129. The van der Waals surface area contributed by atoms with Crippen molar-refractivity contribution in [3.05, 3.63) is 95.1 Å². The quantitative estimate of drug-likeness (QED) is 0.395. The largest absolute Gasteiger partial charge is 0.314 e. The number of rotatable bonds is 3. The van der Waals surface area contributed by atoms with Crippen molar-refractivity contribution in [2.45, 2.75) is 32.6 Å². The summed E-state index contributed by atoms with van der Waals surface area (Å²) in [6, 6.07) is 21.9. The second-order valence-corrected chi connectivity index (χ2v) is 10.7. The summed E-state index contributed by atoms with van der Waals surface area (Å²) in [6.07, 6.45) is 0.129. The standard InChI is InChI=1S/C31H28N2O4/c1-18-11-10-12-19(2)25(18)33-27(35)23-17-22(26(34)20-13-6-5-7-14-20)31(30(23,3)28(33)36)21-15-8-9-16-24(21)32(4)29(31)37/h5-16,22-23H,17H2,1-4H3/t22-,23+,30+,31-/m1/s1. The summed E-state index contributed by atoms with van der Waals surface area (Å²) in [7, 11) is 1.68. The molecule has 186 valence electrons. The molecule has 0 N–H and O–H groups in total. The molecule has 2 aliphatic heterocycles. The molecule has 3 aromatic carbocycles. The summed E-state index contributed by atoms with van der Waals surface area (Å²) >= 11 is 0. The molecule has 0 aromatic heterocycles. The third-order valence-corrected chi connectivity index (χ3v) is 9.05. The van der Waals surface area contributed by atoms with E-state index in [1.54, 1.807) is 43.1 Å². The van der Waals surface area contributed by atoms with E-state index in [2.05, 4.69) is 0 Å². The van der Waals surface area contributed by atoms with Crippen LogP contribution in [0.5, 0.6) is 0 Å². The third-order valence-electron chi connectivity index (χ3n) is 9.05. The fourth-order valence-corrected chi connectivity index (χ4v) is 7.34. The molecular weight excluding hydrogens is 464 g/mol. The first-order chi connectivity index (χ1) is 17.7. The summed E-state index contributed by atoms with van der Waals surface area (Å²) in [6.45, 7) is 5.48. The van der Waals surface area contributed by atoms with Crippen LogP contribution in [0.15, 0.2) is 72.8 Å². The summed E-state index contributed by atoms with van der Waals surface area (Å²) in [5.74, 6) is -2.93. The third kappa shape index (κ3) is 2.65. The van der Waals surface area contributed by atoms with Gasteiger partial charge in [0, 0.05) is 24.2 Å². The van der Waals surface area contributed by atoms with Crippen molar-refractivity contribution in [2.75, 3.05) is 16.8 Å². The van der Waals surface area contributed by atoms with Gasteiger partial charge in [-0.1, -0.05) is 66.7 Å². The van der Waals surface area contributed by atoms with Gasteiger partial charge in [-0.15, -0.1) is 0 Å². The van der Waals surface area contributed by atoms with Crippen LogP contribution in [-0.2, 0) is 19.8 Å². The monoisotopic (exact) mass is 492 g/mol. The molecule has 37 heavy (non-hydrogen) atoms. The lowest BCUT2D eigenvalue weighted by molar-refractivity contribution is -0.138. The highest BCUT2D eigenvalue weighted by molar-refractivity contribution is 6.29. The average Bonchev–Trinajstić information content (AvgIpc) is 3.39. The van der Waals surface area contributed by atoms with Crippen LogP contribution in [-0.4, -0.2) is 30.6 Å². The van der Waals surface area contributed by atoms with Gasteiger partial charge in [-0.05, 0) is 49.9 Å². The maximum Gasteiger partial charge on any atom is 0.241 e. The molecule has 6 rings (SSSR count). The van der Waals surface area contributed by atoms with E-state index in [0.717, 1.165) is 11.1 Å². The number of fused-ring (bicyclic) bond motifs is 4. The Morgan fingerprint density at radius 1 is 0.838 bits per heavy atom. The van der Waals surface area contributed by atoms with Gasteiger partial charge in [-0.3, -0.25) is 19.2 Å². The Labute approximate surface area is 215 Å². The Morgan fingerprint density at radius 3 is 2.14 bits per heavy atom. The number of hydrogen-bond acceptors (Lipinski definition) is 4. The minimum Gasteiger partial charge on any atom is -0.314 e.